The highest BCUT2D eigenvalue weighted by molar-refractivity contribution is 5.85. The molecule has 2 heterocycles. The Kier molecular flexibility index (Phi) is 8.69. The van der Waals surface area contributed by atoms with Gasteiger partial charge in [0.1, 0.15) is 5.75 Å². The van der Waals surface area contributed by atoms with Crippen molar-refractivity contribution in [1.29, 1.82) is 0 Å². The number of benzene rings is 1. The number of halogens is 1. The number of carbonyl (C=O) groups excluding carboxylic acids is 1. The fourth-order valence-electron chi connectivity index (χ4n) is 3.77. The highest BCUT2D eigenvalue weighted by atomic mass is 35.5. The number of amides is 1. The molecule has 26 heavy (non-hydrogen) atoms. The molecular formula is C20H31ClN2O3. The van der Waals surface area contributed by atoms with Crippen LogP contribution in [0.5, 0.6) is 5.75 Å². The molecule has 2 saturated heterocycles. The van der Waals surface area contributed by atoms with Gasteiger partial charge in [0.05, 0.1) is 13.2 Å². The molecule has 2 aliphatic heterocycles. The Balaban J connectivity index is 0.00000243. The van der Waals surface area contributed by atoms with Gasteiger partial charge in [-0.2, -0.15) is 0 Å². The smallest absolute Gasteiger partial charge is 0.222 e. The van der Waals surface area contributed by atoms with Gasteiger partial charge in [-0.25, -0.2) is 0 Å². The monoisotopic (exact) mass is 382 g/mol. The van der Waals surface area contributed by atoms with E-state index >= 15 is 0 Å². The zero-order valence-electron chi connectivity index (χ0n) is 15.6. The minimum absolute atomic E-state index is 0. The van der Waals surface area contributed by atoms with Crippen molar-refractivity contribution >= 4 is 18.3 Å². The van der Waals surface area contributed by atoms with Crippen LogP contribution in [0.3, 0.4) is 0 Å². The molecule has 0 saturated carbocycles. The van der Waals surface area contributed by atoms with Crippen LogP contribution in [0, 0.1) is 5.92 Å². The number of methoxy groups -OCH3 is 1. The van der Waals surface area contributed by atoms with Gasteiger partial charge in [-0.1, -0.05) is 18.2 Å². The molecule has 146 valence electrons. The van der Waals surface area contributed by atoms with Gasteiger partial charge in [0.25, 0.3) is 0 Å². The van der Waals surface area contributed by atoms with E-state index in [1.54, 1.807) is 7.11 Å². The van der Waals surface area contributed by atoms with Crippen LogP contribution in [0.25, 0.3) is 0 Å². The normalized spacial score (nSPS) is 22.0. The molecule has 0 bridgehead atoms. The number of para-hydroxylation sites is 1. The molecule has 1 aromatic rings. The summed E-state index contributed by atoms with van der Waals surface area (Å²) in [5.41, 5.74) is 1.05. The van der Waals surface area contributed by atoms with E-state index in [0.717, 1.165) is 50.3 Å². The van der Waals surface area contributed by atoms with E-state index in [2.05, 4.69) is 5.32 Å². The number of hydrogen-bond acceptors (Lipinski definition) is 4. The van der Waals surface area contributed by atoms with Crippen molar-refractivity contribution in [3.63, 3.8) is 0 Å². The van der Waals surface area contributed by atoms with Crippen molar-refractivity contribution in [2.75, 3.05) is 33.4 Å². The first kappa shape index (κ1) is 21.0. The number of ether oxygens (including phenoxy) is 2. The highest BCUT2D eigenvalue weighted by Gasteiger charge is 2.24. The van der Waals surface area contributed by atoms with Crippen LogP contribution >= 0.6 is 12.4 Å². The molecule has 3 rings (SSSR count). The summed E-state index contributed by atoms with van der Waals surface area (Å²) >= 11 is 0. The van der Waals surface area contributed by atoms with Crippen molar-refractivity contribution < 1.29 is 14.3 Å². The third-order valence-electron chi connectivity index (χ3n) is 5.28. The summed E-state index contributed by atoms with van der Waals surface area (Å²) in [6.07, 6.45) is 5.09. The van der Waals surface area contributed by atoms with Gasteiger partial charge in [0.2, 0.25) is 5.91 Å². The first-order chi connectivity index (χ1) is 12.3. The van der Waals surface area contributed by atoms with E-state index in [1.165, 1.54) is 6.42 Å². The van der Waals surface area contributed by atoms with Gasteiger partial charge in [0, 0.05) is 31.7 Å². The molecule has 1 aromatic carbocycles. The summed E-state index contributed by atoms with van der Waals surface area (Å²) < 4.78 is 11.2. The van der Waals surface area contributed by atoms with Gasteiger partial charge in [-0.15, -0.1) is 12.4 Å². The highest BCUT2D eigenvalue weighted by Crippen LogP contribution is 2.23. The Morgan fingerprint density at radius 2 is 2.19 bits per heavy atom. The minimum Gasteiger partial charge on any atom is -0.496 e. The lowest BCUT2D eigenvalue weighted by Crippen LogP contribution is -2.37. The number of nitrogens with zero attached hydrogens (tertiary/aromatic N) is 1. The standard InChI is InChI=1S/C20H30N2O3.ClH/c1-24-19-7-3-2-5-17(19)14-22(15-18-6-4-12-25-18)20(23)9-8-16-10-11-21-13-16;/h2-3,5,7,16,18,21H,4,6,8-15H2,1H3;1H. The van der Waals surface area contributed by atoms with Gasteiger partial charge in [-0.05, 0) is 50.8 Å². The second kappa shape index (κ2) is 10.8. The second-order valence-corrected chi connectivity index (χ2v) is 7.12. The average molecular weight is 383 g/mol. The summed E-state index contributed by atoms with van der Waals surface area (Å²) in [5.74, 6) is 1.71. The molecule has 0 radical (unpaired) electrons. The summed E-state index contributed by atoms with van der Waals surface area (Å²) in [5, 5.41) is 3.38. The molecular weight excluding hydrogens is 352 g/mol. The fourth-order valence-corrected chi connectivity index (χ4v) is 3.77. The lowest BCUT2D eigenvalue weighted by molar-refractivity contribution is -0.133. The van der Waals surface area contributed by atoms with E-state index in [9.17, 15) is 4.79 Å². The van der Waals surface area contributed by atoms with Gasteiger partial charge in [-0.3, -0.25) is 4.79 Å². The lowest BCUT2D eigenvalue weighted by Gasteiger charge is -2.27. The molecule has 0 aliphatic carbocycles. The predicted molar refractivity (Wildman–Crippen MR) is 105 cm³/mol. The SMILES string of the molecule is COc1ccccc1CN(CC1CCCO1)C(=O)CCC1CCNC1.Cl. The van der Waals surface area contributed by atoms with Crippen molar-refractivity contribution in [1.82, 2.24) is 10.2 Å². The van der Waals surface area contributed by atoms with Crippen molar-refractivity contribution in [2.45, 2.75) is 44.8 Å². The van der Waals surface area contributed by atoms with E-state index in [4.69, 9.17) is 9.47 Å². The quantitative estimate of drug-likeness (QED) is 0.750. The minimum atomic E-state index is 0. The maximum Gasteiger partial charge on any atom is 0.222 e. The zero-order valence-corrected chi connectivity index (χ0v) is 16.4. The van der Waals surface area contributed by atoms with Crippen LogP contribution in [0.4, 0.5) is 0 Å². The Labute approximate surface area is 162 Å². The van der Waals surface area contributed by atoms with E-state index in [1.807, 2.05) is 29.2 Å². The lowest BCUT2D eigenvalue weighted by atomic mass is 10.0. The van der Waals surface area contributed by atoms with Gasteiger partial charge >= 0.3 is 0 Å². The Hall–Kier alpha value is -1.30. The van der Waals surface area contributed by atoms with Gasteiger partial charge < -0.3 is 19.7 Å². The zero-order chi connectivity index (χ0) is 17.5. The number of nitrogens with one attached hydrogen (secondary N) is 1. The third-order valence-corrected chi connectivity index (χ3v) is 5.28. The van der Waals surface area contributed by atoms with Crippen molar-refractivity contribution in [3.05, 3.63) is 29.8 Å². The van der Waals surface area contributed by atoms with E-state index < -0.39 is 0 Å². The van der Waals surface area contributed by atoms with Crippen LogP contribution in [0.1, 0.15) is 37.7 Å². The summed E-state index contributed by atoms with van der Waals surface area (Å²) in [6, 6.07) is 7.95. The van der Waals surface area contributed by atoms with E-state index in [0.29, 0.717) is 25.4 Å². The van der Waals surface area contributed by atoms with Crippen molar-refractivity contribution in [2.24, 2.45) is 5.92 Å². The molecule has 0 spiro atoms. The van der Waals surface area contributed by atoms with Crippen LogP contribution in [0.15, 0.2) is 24.3 Å². The van der Waals surface area contributed by atoms with Crippen LogP contribution in [-0.2, 0) is 16.1 Å². The molecule has 1 amide bonds. The summed E-state index contributed by atoms with van der Waals surface area (Å²) in [6.45, 7) is 4.21. The first-order valence-electron chi connectivity index (χ1n) is 9.48. The van der Waals surface area contributed by atoms with Crippen molar-refractivity contribution in [3.8, 4) is 5.75 Å². The predicted octanol–water partition coefficient (Wildman–Crippen LogP) is 3.01. The average Bonchev–Trinajstić information content (AvgIpc) is 3.33. The number of rotatable bonds is 8. The largest absolute Gasteiger partial charge is 0.496 e. The molecule has 2 atom stereocenters. The summed E-state index contributed by atoms with van der Waals surface area (Å²) in [7, 11) is 1.68. The number of hydrogen-bond donors (Lipinski definition) is 1. The first-order valence-corrected chi connectivity index (χ1v) is 9.48. The molecule has 2 aliphatic rings. The topological polar surface area (TPSA) is 50.8 Å². The van der Waals surface area contributed by atoms with Gasteiger partial charge in [0.15, 0.2) is 0 Å². The van der Waals surface area contributed by atoms with E-state index in [-0.39, 0.29) is 24.4 Å². The maximum absolute atomic E-state index is 12.9. The molecule has 0 aromatic heterocycles. The Morgan fingerprint density at radius 1 is 1.35 bits per heavy atom. The number of carbonyl (C=O) groups is 1. The third kappa shape index (κ3) is 5.86. The molecule has 2 unspecified atom stereocenters. The fraction of sp³-hybridized carbons (Fsp3) is 0.650. The Bertz CT molecular complexity index is 558. The Morgan fingerprint density at radius 3 is 2.88 bits per heavy atom. The van der Waals surface area contributed by atoms with Crippen LogP contribution in [-0.4, -0.2) is 50.3 Å². The second-order valence-electron chi connectivity index (χ2n) is 7.12. The molecule has 6 heteroatoms. The molecule has 2 fully saturated rings. The van der Waals surface area contributed by atoms with Crippen LogP contribution in [0.2, 0.25) is 0 Å². The maximum atomic E-state index is 12.9. The summed E-state index contributed by atoms with van der Waals surface area (Å²) in [4.78, 5) is 14.9. The molecule has 1 N–H and O–H groups in total. The molecule has 5 nitrogen and oxygen atoms in total. The van der Waals surface area contributed by atoms with Crippen LogP contribution < -0.4 is 10.1 Å².